The molecule has 0 aliphatic carbocycles. The van der Waals surface area contributed by atoms with Crippen molar-refractivity contribution in [1.82, 2.24) is 4.90 Å². The fourth-order valence-electron chi connectivity index (χ4n) is 1.91. The Kier molecular flexibility index (Phi) is 2.39. The largest absolute Gasteiger partial charge is 0.392 e. The Hall–Kier alpha value is 0.270. The summed E-state index contributed by atoms with van der Waals surface area (Å²) in [6.07, 6.45) is 2.28. The highest BCUT2D eigenvalue weighted by atomic mass is 32.2. The zero-order valence-corrected chi connectivity index (χ0v) is 7.52. The molecule has 0 aromatic carbocycles. The van der Waals surface area contributed by atoms with Gasteiger partial charge in [-0.15, -0.1) is 0 Å². The Morgan fingerprint density at radius 2 is 2.27 bits per heavy atom. The van der Waals surface area contributed by atoms with Gasteiger partial charge in [0.1, 0.15) is 0 Å². The van der Waals surface area contributed by atoms with Gasteiger partial charge in [-0.25, -0.2) is 0 Å². The van der Waals surface area contributed by atoms with Gasteiger partial charge in [0.2, 0.25) is 0 Å². The van der Waals surface area contributed by atoms with E-state index < -0.39 is 0 Å². The van der Waals surface area contributed by atoms with Gasteiger partial charge in [0.25, 0.3) is 0 Å². The summed E-state index contributed by atoms with van der Waals surface area (Å²) in [5, 5.41) is 9.31. The Morgan fingerprint density at radius 1 is 1.36 bits per heavy atom. The first-order chi connectivity index (χ1) is 5.36. The maximum atomic E-state index is 9.31. The number of β-amino-alcohol motifs (C(OH)–C–C–N with tert-alkyl or cyclic N) is 1. The summed E-state index contributed by atoms with van der Waals surface area (Å²) in [5.74, 6) is 2.60. The SMILES string of the molecule is O[C@H]1CCN(C2CCSC2)C1. The summed E-state index contributed by atoms with van der Waals surface area (Å²) in [6.45, 7) is 2.04. The lowest BCUT2D eigenvalue weighted by molar-refractivity contribution is 0.164. The molecule has 0 radical (unpaired) electrons. The zero-order valence-electron chi connectivity index (χ0n) is 6.70. The first-order valence-corrected chi connectivity index (χ1v) is 5.51. The average Bonchev–Trinajstić information content (AvgIpc) is 2.55. The molecule has 2 rings (SSSR count). The van der Waals surface area contributed by atoms with Crippen molar-refractivity contribution in [2.45, 2.75) is 25.0 Å². The summed E-state index contributed by atoms with van der Waals surface area (Å²) in [7, 11) is 0. The van der Waals surface area contributed by atoms with Gasteiger partial charge in [-0.3, -0.25) is 4.90 Å². The maximum Gasteiger partial charge on any atom is 0.0679 e. The molecule has 0 aromatic rings. The van der Waals surface area contributed by atoms with Crippen LogP contribution in [0.5, 0.6) is 0 Å². The lowest BCUT2D eigenvalue weighted by atomic mass is 10.2. The molecular formula is C8H15NOS. The molecule has 1 unspecified atom stereocenters. The molecule has 11 heavy (non-hydrogen) atoms. The van der Waals surface area contributed by atoms with E-state index in [9.17, 15) is 5.11 Å². The number of aliphatic hydroxyl groups is 1. The van der Waals surface area contributed by atoms with Crippen molar-refractivity contribution in [3.05, 3.63) is 0 Å². The Morgan fingerprint density at radius 3 is 2.82 bits per heavy atom. The van der Waals surface area contributed by atoms with Crippen molar-refractivity contribution in [1.29, 1.82) is 0 Å². The van der Waals surface area contributed by atoms with Gasteiger partial charge < -0.3 is 5.11 Å². The molecule has 2 nitrogen and oxygen atoms in total. The summed E-state index contributed by atoms with van der Waals surface area (Å²) in [5.41, 5.74) is 0. The second-order valence-corrected chi connectivity index (χ2v) is 4.60. The van der Waals surface area contributed by atoms with E-state index >= 15 is 0 Å². The molecule has 2 atom stereocenters. The van der Waals surface area contributed by atoms with E-state index in [-0.39, 0.29) is 6.10 Å². The molecule has 3 heteroatoms. The molecule has 2 fully saturated rings. The highest BCUT2D eigenvalue weighted by Gasteiger charge is 2.28. The van der Waals surface area contributed by atoms with Crippen LogP contribution in [0, 0.1) is 0 Å². The van der Waals surface area contributed by atoms with E-state index in [0.29, 0.717) is 0 Å². The van der Waals surface area contributed by atoms with Crippen LogP contribution in [-0.4, -0.2) is 46.7 Å². The molecule has 2 aliphatic heterocycles. The number of rotatable bonds is 1. The minimum Gasteiger partial charge on any atom is -0.392 e. The molecule has 2 heterocycles. The highest BCUT2D eigenvalue weighted by Crippen LogP contribution is 2.25. The van der Waals surface area contributed by atoms with Crippen molar-refractivity contribution in [3.63, 3.8) is 0 Å². The van der Waals surface area contributed by atoms with E-state index in [1.165, 1.54) is 17.9 Å². The predicted octanol–water partition coefficient (Wildman–Crippen LogP) is 0.559. The molecule has 0 amide bonds. The van der Waals surface area contributed by atoms with Crippen LogP contribution in [0.4, 0.5) is 0 Å². The maximum absolute atomic E-state index is 9.31. The second kappa shape index (κ2) is 3.33. The molecule has 1 N–H and O–H groups in total. The van der Waals surface area contributed by atoms with Gasteiger partial charge in [-0.1, -0.05) is 0 Å². The van der Waals surface area contributed by atoms with Crippen molar-refractivity contribution < 1.29 is 5.11 Å². The lowest BCUT2D eigenvalue weighted by Gasteiger charge is -2.21. The van der Waals surface area contributed by atoms with Crippen LogP contribution in [0.1, 0.15) is 12.8 Å². The van der Waals surface area contributed by atoms with Crippen LogP contribution in [0.25, 0.3) is 0 Å². The molecule has 2 aliphatic rings. The summed E-state index contributed by atoms with van der Waals surface area (Å²) >= 11 is 2.05. The molecule has 0 aromatic heterocycles. The lowest BCUT2D eigenvalue weighted by Crippen LogP contribution is -2.33. The van der Waals surface area contributed by atoms with E-state index in [1.54, 1.807) is 0 Å². The first-order valence-electron chi connectivity index (χ1n) is 4.36. The third-order valence-electron chi connectivity index (χ3n) is 2.62. The standard InChI is InChI=1S/C8H15NOS/c10-8-1-3-9(5-8)7-2-4-11-6-7/h7-8,10H,1-6H2/t7?,8-/m0/s1. The molecule has 0 bridgehead atoms. The Balaban J connectivity index is 1.85. The fourth-order valence-corrected chi connectivity index (χ4v) is 3.16. The zero-order chi connectivity index (χ0) is 7.68. The Bertz CT molecular complexity index is 136. The molecule has 2 saturated heterocycles. The van der Waals surface area contributed by atoms with E-state index in [2.05, 4.69) is 4.90 Å². The minimum atomic E-state index is -0.0411. The van der Waals surface area contributed by atoms with Gasteiger partial charge >= 0.3 is 0 Å². The van der Waals surface area contributed by atoms with Crippen LogP contribution >= 0.6 is 11.8 Å². The van der Waals surface area contributed by atoms with E-state index in [4.69, 9.17) is 0 Å². The number of hydrogen-bond donors (Lipinski definition) is 1. The van der Waals surface area contributed by atoms with Crippen LogP contribution in [0.3, 0.4) is 0 Å². The van der Waals surface area contributed by atoms with Crippen LogP contribution in [0.15, 0.2) is 0 Å². The van der Waals surface area contributed by atoms with Crippen molar-refractivity contribution >= 4 is 11.8 Å². The van der Waals surface area contributed by atoms with Crippen molar-refractivity contribution in [2.75, 3.05) is 24.6 Å². The Labute approximate surface area is 72.0 Å². The second-order valence-electron chi connectivity index (χ2n) is 3.45. The minimum absolute atomic E-state index is 0.0411. The third-order valence-corrected chi connectivity index (χ3v) is 3.76. The molecule has 0 spiro atoms. The van der Waals surface area contributed by atoms with Crippen molar-refractivity contribution in [3.8, 4) is 0 Å². The van der Waals surface area contributed by atoms with E-state index in [1.807, 2.05) is 11.8 Å². The number of aliphatic hydroxyl groups excluding tert-OH is 1. The number of likely N-dealkylation sites (tertiary alicyclic amines) is 1. The van der Waals surface area contributed by atoms with Gasteiger partial charge in [0, 0.05) is 24.9 Å². The number of thioether (sulfide) groups is 1. The summed E-state index contributed by atoms with van der Waals surface area (Å²) < 4.78 is 0. The third kappa shape index (κ3) is 1.71. The van der Waals surface area contributed by atoms with E-state index in [0.717, 1.165) is 25.6 Å². The van der Waals surface area contributed by atoms with Gasteiger partial charge in [0.15, 0.2) is 0 Å². The number of hydrogen-bond acceptors (Lipinski definition) is 3. The predicted molar refractivity (Wildman–Crippen MR) is 47.9 cm³/mol. The summed E-state index contributed by atoms with van der Waals surface area (Å²) in [6, 6.07) is 0.775. The number of nitrogens with zero attached hydrogens (tertiary/aromatic N) is 1. The molecular weight excluding hydrogens is 158 g/mol. The van der Waals surface area contributed by atoms with Crippen LogP contribution in [-0.2, 0) is 0 Å². The quantitative estimate of drug-likeness (QED) is 0.627. The molecule has 64 valence electrons. The van der Waals surface area contributed by atoms with Crippen LogP contribution in [0.2, 0.25) is 0 Å². The fraction of sp³-hybridized carbons (Fsp3) is 1.00. The average molecular weight is 173 g/mol. The molecule has 0 saturated carbocycles. The van der Waals surface area contributed by atoms with Gasteiger partial charge in [-0.2, -0.15) is 11.8 Å². The summed E-state index contributed by atoms with van der Waals surface area (Å²) in [4.78, 5) is 2.45. The van der Waals surface area contributed by atoms with Gasteiger partial charge in [0.05, 0.1) is 6.10 Å². The van der Waals surface area contributed by atoms with Crippen molar-refractivity contribution in [2.24, 2.45) is 0 Å². The normalized spacial score (nSPS) is 40.1. The first kappa shape index (κ1) is 7.90. The van der Waals surface area contributed by atoms with Crippen LogP contribution < -0.4 is 0 Å². The topological polar surface area (TPSA) is 23.5 Å². The monoisotopic (exact) mass is 173 g/mol. The smallest absolute Gasteiger partial charge is 0.0679 e. The highest BCUT2D eigenvalue weighted by molar-refractivity contribution is 7.99. The van der Waals surface area contributed by atoms with Gasteiger partial charge in [-0.05, 0) is 18.6 Å².